The number of halogens is 3. The van der Waals surface area contributed by atoms with Crippen LogP contribution in [0.3, 0.4) is 0 Å². The van der Waals surface area contributed by atoms with Gasteiger partial charge in [0.15, 0.2) is 0 Å². The Morgan fingerprint density at radius 3 is 2.50 bits per heavy atom. The number of benzene rings is 2. The lowest BCUT2D eigenvalue weighted by molar-refractivity contribution is 0.562. The molecule has 0 amide bonds. The first kappa shape index (κ1) is 14.9. The number of likely N-dealkylation sites (N-methyl/N-ethyl adjacent to an activating group) is 1. The average molecular weight is 341 g/mol. The van der Waals surface area contributed by atoms with Crippen molar-refractivity contribution in [2.45, 2.75) is 6.04 Å². The van der Waals surface area contributed by atoms with Crippen molar-refractivity contribution in [2.75, 3.05) is 18.5 Å². The molecule has 2 N–H and O–H groups in total. The minimum atomic E-state index is -0.440. The van der Waals surface area contributed by atoms with Crippen LogP contribution in [-0.2, 0) is 0 Å². The van der Waals surface area contributed by atoms with Crippen LogP contribution in [0.1, 0.15) is 11.6 Å². The maximum absolute atomic E-state index is 14.0. The summed E-state index contributed by atoms with van der Waals surface area (Å²) >= 11 is 3.31. The first-order chi connectivity index (χ1) is 9.54. The Bertz CT molecular complexity index is 604. The van der Waals surface area contributed by atoms with Crippen molar-refractivity contribution in [1.82, 2.24) is 0 Å². The normalized spacial score (nSPS) is 12.2. The van der Waals surface area contributed by atoms with Gasteiger partial charge in [0.2, 0.25) is 0 Å². The van der Waals surface area contributed by atoms with Gasteiger partial charge in [-0.25, -0.2) is 8.78 Å². The summed E-state index contributed by atoms with van der Waals surface area (Å²) in [5, 5.41) is 0. The van der Waals surface area contributed by atoms with Crippen molar-refractivity contribution < 1.29 is 8.78 Å². The standard InChI is InChI=1S/C15H15BrF2N2/c1-20(14-5-3-2-4-13(14)18)15(9-19)11-8-10(16)6-7-12(11)17/h2-8,15H,9,19H2,1H3. The molecule has 0 bridgehead atoms. The van der Waals surface area contributed by atoms with Gasteiger partial charge < -0.3 is 10.6 Å². The molecule has 0 aliphatic carbocycles. The van der Waals surface area contributed by atoms with Gasteiger partial charge in [-0.1, -0.05) is 28.1 Å². The zero-order valence-electron chi connectivity index (χ0n) is 11.0. The topological polar surface area (TPSA) is 29.3 Å². The Labute approximate surface area is 125 Å². The predicted molar refractivity (Wildman–Crippen MR) is 80.7 cm³/mol. The van der Waals surface area contributed by atoms with Crippen LogP contribution in [0.25, 0.3) is 0 Å². The number of hydrogen-bond donors (Lipinski definition) is 1. The molecule has 0 saturated carbocycles. The summed E-state index contributed by atoms with van der Waals surface area (Å²) in [5.74, 6) is -0.712. The molecule has 0 heterocycles. The van der Waals surface area contributed by atoms with Gasteiger partial charge >= 0.3 is 0 Å². The lowest BCUT2D eigenvalue weighted by Crippen LogP contribution is -2.31. The van der Waals surface area contributed by atoms with E-state index < -0.39 is 6.04 Å². The van der Waals surface area contributed by atoms with Crippen LogP contribution in [0.5, 0.6) is 0 Å². The molecule has 0 aliphatic heterocycles. The Hall–Kier alpha value is -1.46. The smallest absolute Gasteiger partial charge is 0.146 e. The van der Waals surface area contributed by atoms with Crippen molar-refractivity contribution in [3.8, 4) is 0 Å². The molecule has 0 spiro atoms. The maximum Gasteiger partial charge on any atom is 0.146 e. The molecule has 2 aromatic rings. The predicted octanol–water partition coefficient (Wildman–Crippen LogP) is 3.86. The summed E-state index contributed by atoms with van der Waals surface area (Å²) in [7, 11) is 1.70. The molecule has 1 atom stereocenters. The Morgan fingerprint density at radius 1 is 1.15 bits per heavy atom. The van der Waals surface area contributed by atoms with Gasteiger partial charge in [-0.2, -0.15) is 0 Å². The van der Waals surface area contributed by atoms with Crippen LogP contribution in [0, 0.1) is 11.6 Å². The van der Waals surface area contributed by atoms with Gasteiger partial charge in [0, 0.05) is 23.6 Å². The average Bonchev–Trinajstić information content (AvgIpc) is 2.44. The minimum Gasteiger partial charge on any atom is -0.364 e. The van der Waals surface area contributed by atoms with Crippen molar-refractivity contribution in [2.24, 2.45) is 5.73 Å². The molecule has 0 aromatic heterocycles. The molecule has 0 aliphatic rings. The van der Waals surface area contributed by atoms with Crippen LogP contribution in [0.15, 0.2) is 46.9 Å². The molecular weight excluding hydrogens is 326 g/mol. The molecule has 20 heavy (non-hydrogen) atoms. The van der Waals surface area contributed by atoms with E-state index in [0.717, 1.165) is 4.47 Å². The number of hydrogen-bond acceptors (Lipinski definition) is 2. The molecule has 5 heteroatoms. The van der Waals surface area contributed by atoms with Gasteiger partial charge in [0.25, 0.3) is 0 Å². The molecule has 2 aromatic carbocycles. The van der Waals surface area contributed by atoms with Crippen molar-refractivity contribution in [3.63, 3.8) is 0 Å². The third-order valence-electron chi connectivity index (χ3n) is 3.24. The number of nitrogens with zero attached hydrogens (tertiary/aromatic N) is 1. The SMILES string of the molecule is CN(c1ccccc1F)C(CN)c1cc(Br)ccc1F. The molecule has 2 nitrogen and oxygen atoms in total. The van der Waals surface area contributed by atoms with Gasteiger partial charge in [-0.3, -0.25) is 0 Å². The van der Waals surface area contributed by atoms with Crippen LogP contribution < -0.4 is 10.6 Å². The zero-order chi connectivity index (χ0) is 14.7. The Morgan fingerprint density at radius 2 is 1.85 bits per heavy atom. The highest BCUT2D eigenvalue weighted by atomic mass is 79.9. The zero-order valence-corrected chi connectivity index (χ0v) is 12.6. The van der Waals surface area contributed by atoms with E-state index in [-0.39, 0.29) is 18.2 Å². The lowest BCUT2D eigenvalue weighted by Gasteiger charge is -2.30. The fourth-order valence-electron chi connectivity index (χ4n) is 2.17. The first-order valence-electron chi connectivity index (χ1n) is 6.17. The quantitative estimate of drug-likeness (QED) is 0.915. The summed E-state index contributed by atoms with van der Waals surface area (Å²) in [5.41, 5.74) is 6.59. The Balaban J connectivity index is 2.42. The molecule has 0 fully saturated rings. The highest BCUT2D eigenvalue weighted by Crippen LogP contribution is 2.30. The van der Waals surface area contributed by atoms with Gasteiger partial charge in [0.05, 0.1) is 11.7 Å². The number of rotatable bonds is 4. The van der Waals surface area contributed by atoms with E-state index in [2.05, 4.69) is 15.9 Å². The van der Waals surface area contributed by atoms with E-state index in [1.807, 2.05) is 0 Å². The first-order valence-corrected chi connectivity index (χ1v) is 6.96. The summed E-state index contributed by atoms with van der Waals surface area (Å²) in [6.45, 7) is 0.179. The highest BCUT2D eigenvalue weighted by Gasteiger charge is 2.21. The Kier molecular flexibility index (Phi) is 4.73. The second-order valence-corrected chi connectivity index (χ2v) is 5.40. The van der Waals surface area contributed by atoms with Crippen molar-refractivity contribution in [1.29, 1.82) is 0 Å². The highest BCUT2D eigenvalue weighted by molar-refractivity contribution is 9.10. The summed E-state index contributed by atoms with van der Waals surface area (Å²) in [6, 6.07) is 10.6. The summed E-state index contributed by atoms with van der Waals surface area (Å²) < 4.78 is 28.6. The van der Waals surface area contributed by atoms with E-state index >= 15 is 0 Å². The molecule has 2 rings (SSSR count). The van der Waals surface area contributed by atoms with Gasteiger partial charge in [0.1, 0.15) is 11.6 Å². The van der Waals surface area contributed by atoms with E-state index in [1.165, 1.54) is 12.1 Å². The third kappa shape index (κ3) is 2.99. The number of nitrogens with two attached hydrogens (primary N) is 1. The molecule has 106 valence electrons. The van der Waals surface area contributed by atoms with E-state index in [1.54, 1.807) is 42.3 Å². The number of para-hydroxylation sites is 1. The van der Waals surface area contributed by atoms with Crippen LogP contribution in [0.2, 0.25) is 0 Å². The fraction of sp³-hybridized carbons (Fsp3) is 0.200. The second kappa shape index (κ2) is 6.33. The fourth-order valence-corrected chi connectivity index (χ4v) is 2.55. The largest absolute Gasteiger partial charge is 0.364 e. The van der Waals surface area contributed by atoms with E-state index in [4.69, 9.17) is 5.73 Å². The van der Waals surface area contributed by atoms with E-state index in [9.17, 15) is 8.78 Å². The van der Waals surface area contributed by atoms with Crippen LogP contribution in [-0.4, -0.2) is 13.6 Å². The summed E-state index contributed by atoms with van der Waals surface area (Å²) in [6.07, 6.45) is 0. The minimum absolute atomic E-state index is 0.179. The monoisotopic (exact) mass is 340 g/mol. The molecule has 0 saturated heterocycles. The lowest BCUT2D eigenvalue weighted by atomic mass is 10.0. The maximum atomic E-state index is 14.0. The van der Waals surface area contributed by atoms with Gasteiger partial charge in [-0.15, -0.1) is 0 Å². The third-order valence-corrected chi connectivity index (χ3v) is 3.73. The molecular formula is C15H15BrF2N2. The van der Waals surface area contributed by atoms with Crippen LogP contribution >= 0.6 is 15.9 Å². The van der Waals surface area contributed by atoms with E-state index in [0.29, 0.717) is 11.3 Å². The number of anilines is 1. The van der Waals surface area contributed by atoms with Crippen molar-refractivity contribution in [3.05, 3.63) is 64.1 Å². The molecule has 1 unspecified atom stereocenters. The van der Waals surface area contributed by atoms with Crippen molar-refractivity contribution >= 4 is 21.6 Å². The van der Waals surface area contributed by atoms with Crippen LogP contribution in [0.4, 0.5) is 14.5 Å². The molecule has 0 radical (unpaired) electrons. The second-order valence-electron chi connectivity index (χ2n) is 4.48. The van der Waals surface area contributed by atoms with Gasteiger partial charge in [-0.05, 0) is 30.3 Å². The summed E-state index contributed by atoms with van der Waals surface area (Å²) in [4.78, 5) is 1.65.